The maximum atomic E-state index is 9.81. The van der Waals surface area contributed by atoms with Gasteiger partial charge in [-0.15, -0.1) is 5.10 Å². The molecule has 3 aromatic rings. The van der Waals surface area contributed by atoms with Gasteiger partial charge in [-0.3, -0.25) is 0 Å². The zero-order valence-corrected chi connectivity index (χ0v) is 15.2. The topological polar surface area (TPSA) is 95.4 Å². The Morgan fingerprint density at radius 2 is 2.08 bits per heavy atom. The fourth-order valence-electron chi connectivity index (χ4n) is 2.12. The number of aromatic nitrogens is 3. The molecule has 26 heavy (non-hydrogen) atoms. The number of methoxy groups -OCH3 is 1. The van der Waals surface area contributed by atoms with E-state index in [2.05, 4.69) is 56.9 Å². The Balaban J connectivity index is 1.56. The lowest BCUT2D eigenvalue weighted by molar-refractivity contribution is 0.412. The summed E-state index contributed by atoms with van der Waals surface area (Å²) in [5.41, 5.74) is 5.74. The molecule has 0 saturated heterocycles. The van der Waals surface area contributed by atoms with Crippen molar-refractivity contribution in [2.24, 2.45) is 5.10 Å². The van der Waals surface area contributed by atoms with E-state index in [0.717, 1.165) is 5.75 Å². The number of nitrogens with zero attached hydrogens (tertiary/aromatic N) is 3. The van der Waals surface area contributed by atoms with E-state index in [-0.39, 0.29) is 5.75 Å². The minimum absolute atomic E-state index is 0.114. The van der Waals surface area contributed by atoms with Gasteiger partial charge in [0.15, 0.2) is 0 Å². The van der Waals surface area contributed by atoms with Crippen LogP contribution in [0.2, 0.25) is 0 Å². The van der Waals surface area contributed by atoms with Gasteiger partial charge in [0.2, 0.25) is 11.1 Å². The van der Waals surface area contributed by atoms with Crippen molar-refractivity contribution >= 4 is 23.9 Å². The first-order valence-electron chi connectivity index (χ1n) is 7.91. The molecule has 7 nitrogen and oxygen atoms in total. The summed E-state index contributed by atoms with van der Waals surface area (Å²) in [5, 5.41) is 21.4. The van der Waals surface area contributed by atoms with Crippen LogP contribution in [-0.2, 0) is 5.75 Å². The number of hydrazone groups is 1. The van der Waals surface area contributed by atoms with E-state index in [1.807, 2.05) is 0 Å². The fourth-order valence-corrected chi connectivity index (χ4v) is 2.87. The number of phenols is 1. The summed E-state index contributed by atoms with van der Waals surface area (Å²) in [5.74, 6) is 1.97. The van der Waals surface area contributed by atoms with Crippen LogP contribution in [0.5, 0.6) is 11.5 Å². The van der Waals surface area contributed by atoms with Gasteiger partial charge in [-0.1, -0.05) is 41.6 Å². The molecule has 8 heteroatoms. The van der Waals surface area contributed by atoms with Crippen molar-refractivity contribution in [3.8, 4) is 11.5 Å². The second-order valence-corrected chi connectivity index (χ2v) is 6.48. The lowest BCUT2D eigenvalue weighted by atomic mass is 10.2. The van der Waals surface area contributed by atoms with Crippen LogP contribution in [-0.4, -0.2) is 33.6 Å². The summed E-state index contributed by atoms with van der Waals surface area (Å²) in [7, 11) is 1.57. The lowest BCUT2D eigenvalue weighted by Gasteiger charge is -2.02. The van der Waals surface area contributed by atoms with E-state index in [1.165, 1.54) is 29.1 Å². The second kappa shape index (κ2) is 8.39. The number of benzene rings is 2. The average Bonchev–Trinajstić information content (AvgIpc) is 3.10. The third-order valence-electron chi connectivity index (χ3n) is 3.56. The number of nitrogens with one attached hydrogen (secondary N) is 2. The standard InChI is InChI=1S/C18H19N5O2S/c1-12-3-5-13(6-4-12)11-26-18-20-17(22-23-18)21-19-10-14-9-15(25-2)7-8-16(14)24/h3-10,24H,11H2,1-2H3,(H2,20,21,22,23)/b19-10+. The average molecular weight is 369 g/mol. The van der Waals surface area contributed by atoms with Gasteiger partial charge in [0.05, 0.1) is 13.3 Å². The van der Waals surface area contributed by atoms with Crippen molar-refractivity contribution in [1.29, 1.82) is 0 Å². The summed E-state index contributed by atoms with van der Waals surface area (Å²) in [6.07, 6.45) is 1.49. The van der Waals surface area contributed by atoms with Gasteiger partial charge in [-0.05, 0) is 30.7 Å². The maximum Gasteiger partial charge on any atom is 0.240 e. The fraction of sp³-hybridized carbons (Fsp3) is 0.167. The third-order valence-corrected chi connectivity index (χ3v) is 4.48. The zero-order valence-electron chi connectivity index (χ0n) is 14.4. The molecule has 0 spiro atoms. The molecule has 2 aromatic carbocycles. The quantitative estimate of drug-likeness (QED) is 0.335. The molecule has 0 aliphatic carbocycles. The highest BCUT2D eigenvalue weighted by Gasteiger charge is 2.04. The second-order valence-electron chi connectivity index (χ2n) is 5.54. The summed E-state index contributed by atoms with van der Waals surface area (Å²) in [4.78, 5) is 4.31. The number of hydrogen-bond acceptors (Lipinski definition) is 7. The van der Waals surface area contributed by atoms with Gasteiger partial charge in [0.25, 0.3) is 0 Å². The zero-order chi connectivity index (χ0) is 18.4. The Morgan fingerprint density at radius 1 is 1.27 bits per heavy atom. The first-order chi connectivity index (χ1) is 12.6. The molecule has 0 unspecified atom stereocenters. The highest BCUT2D eigenvalue weighted by atomic mass is 32.2. The van der Waals surface area contributed by atoms with E-state index in [0.29, 0.717) is 22.4 Å². The number of H-pyrrole nitrogens is 1. The Morgan fingerprint density at radius 3 is 2.85 bits per heavy atom. The van der Waals surface area contributed by atoms with Crippen LogP contribution < -0.4 is 10.2 Å². The molecule has 134 valence electrons. The monoisotopic (exact) mass is 369 g/mol. The highest BCUT2D eigenvalue weighted by Crippen LogP contribution is 2.22. The third kappa shape index (κ3) is 4.76. The Labute approximate surface area is 155 Å². The summed E-state index contributed by atoms with van der Waals surface area (Å²) < 4.78 is 5.12. The normalized spacial score (nSPS) is 11.0. The molecule has 0 radical (unpaired) electrons. The largest absolute Gasteiger partial charge is 0.507 e. The molecular formula is C18H19N5O2S. The molecule has 1 aromatic heterocycles. The molecule has 0 atom stereocenters. The van der Waals surface area contributed by atoms with E-state index >= 15 is 0 Å². The molecule has 0 amide bonds. The van der Waals surface area contributed by atoms with E-state index in [4.69, 9.17) is 4.74 Å². The van der Waals surface area contributed by atoms with Crippen LogP contribution in [0.25, 0.3) is 0 Å². The molecule has 0 fully saturated rings. The Hall–Kier alpha value is -3.00. The predicted octanol–water partition coefficient (Wildman–Crippen LogP) is 3.57. The van der Waals surface area contributed by atoms with Gasteiger partial charge in [-0.25, -0.2) is 10.5 Å². The van der Waals surface area contributed by atoms with Crippen LogP contribution >= 0.6 is 11.8 Å². The van der Waals surface area contributed by atoms with Crippen molar-refractivity contribution < 1.29 is 9.84 Å². The molecule has 0 aliphatic heterocycles. The number of aromatic hydroxyl groups is 1. The first kappa shape index (κ1) is 17.8. The number of ether oxygens (including phenoxy) is 1. The Bertz CT molecular complexity index is 893. The first-order valence-corrected chi connectivity index (χ1v) is 8.89. The molecule has 0 saturated carbocycles. The maximum absolute atomic E-state index is 9.81. The SMILES string of the molecule is COc1ccc(O)c(/C=N/Nc2nc(SCc3ccc(C)cc3)n[nH]2)c1. The van der Waals surface area contributed by atoms with Crippen LogP contribution in [0.15, 0.2) is 52.7 Å². The van der Waals surface area contributed by atoms with E-state index in [1.54, 1.807) is 25.3 Å². The summed E-state index contributed by atoms with van der Waals surface area (Å²) in [6.45, 7) is 2.07. The van der Waals surface area contributed by atoms with Gasteiger partial charge >= 0.3 is 0 Å². The number of aryl methyl sites for hydroxylation is 1. The van der Waals surface area contributed by atoms with Crippen LogP contribution in [0.1, 0.15) is 16.7 Å². The number of rotatable bonds is 7. The molecule has 3 N–H and O–H groups in total. The number of thioether (sulfide) groups is 1. The molecule has 0 aliphatic rings. The lowest BCUT2D eigenvalue weighted by Crippen LogP contribution is -1.93. The molecule has 3 rings (SSSR count). The van der Waals surface area contributed by atoms with Gasteiger partial charge in [0, 0.05) is 11.3 Å². The summed E-state index contributed by atoms with van der Waals surface area (Å²) >= 11 is 1.54. The smallest absolute Gasteiger partial charge is 0.240 e. The van der Waals surface area contributed by atoms with Crippen LogP contribution in [0, 0.1) is 6.92 Å². The highest BCUT2D eigenvalue weighted by molar-refractivity contribution is 7.98. The van der Waals surface area contributed by atoms with Crippen molar-refractivity contribution in [2.75, 3.05) is 12.5 Å². The van der Waals surface area contributed by atoms with Crippen molar-refractivity contribution in [2.45, 2.75) is 17.8 Å². The molecular weight excluding hydrogens is 350 g/mol. The number of aromatic amines is 1. The molecule has 1 heterocycles. The van der Waals surface area contributed by atoms with E-state index in [9.17, 15) is 5.11 Å². The number of hydrogen-bond donors (Lipinski definition) is 3. The minimum Gasteiger partial charge on any atom is -0.507 e. The minimum atomic E-state index is 0.114. The van der Waals surface area contributed by atoms with Crippen molar-refractivity contribution in [3.05, 3.63) is 59.2 Å². The van der Waals surface area contributed by atoms with Gasteiger partial charge < -0.3 is 9.84 Å². The predicted molar refractivity (Wildman–Crippen MR) is 103 cm³/mol. The number of anilines is 1. The van der Waals surface area contributed by atoms with E-state index < -0.39 is 0 Å². The van der Waals surface area contributed by atoms with Crippen molar-refractivity contribution in [3.63, 3.8) is 0 Å². The van der Waals surface area contributed by atoms with Crippen LogP contribution in [0.3, 0.4) is 0 Å². The molecule has 0 bridgehead atoms. The summed E-state index contributed by atoms with van der Waals surface area (Å²) in [6, 6.07) is 13.3. The van der Waals surface area contributed by atoms with Gasteiger partial charge in [0.1, 0.15) is 11.5 Å². The van der Waals surface area contributed by atoms with Crippen LogP contribution in [0.4, 0.5) is 5.95 Å². The number of phenolic OH excluding ortho intramolecular Hbond substituents is 1. The van der Waals surface area contributed by atoms with Gasteiger partial charge in [-0.2, -0.15) is 10.1 Å². The van der Waals surface area contributed by atoms with Crippen molar-refractivity contribution in [1.82, 2.24) is 15.2 Å². The Kier molecular flexibility index (Phi) is 5.75.